The number of ether oxygens (including phenoxy) is 1. The summed E-state index contributed by atoms with van der Waals surface area (Å²) in [4.78, 5) is 26.6. The number of hydrogen-bond acceptors (Lipinski definition) is 4. The van der Waals surface area contributed by atoms with Crippen molar-refractivity contribution in [3.8, 4) is 0 Å². The number of likely N-dealkylation sites (tertiary alicyclic amines) is 1. The minimum Gasteiger partial charge on any atom is -0.475 e. The van der Waals surface area contributed by atoms with Crippen molar-refractivity contribution >= 4 is 11.9 Å². The average molecular weight is 459 g/mol. The van der Waals surface area contributed by atoms with Gasteiger partial charge in [0.15, 0.2) is 0 Å². The molecule has 1 aromatic rings. The van der Waals surface area contributed by atoms with Crippen LogP contribution in [0.1, 0.15) is 47.7 Å². The van der Waals surface area contributed by atoms with Gasteiger partial charge in [0.25, 0.3) is 5.91 Å². The van der Waals surface area contributed by atoms with E-state index in [9.17, 15) is 18.0 Å². The van der Waals surface area contributed by atoms with Gasteiger partial charge in [-0.25, -0.2) is 4.79 Å². The van der Waals surface area contributed by atoms with Crippen molar-refractivity contribution in [1.29, 1.82) is 0 Å². The highest BCUT2D eigenvalue weighted by atomic mass is 19.4. The number of aryl methyl sites for hydroxylation is 2. The fraction of sp³-hybridized carbons (Fsp3) is 0.652. The van der Waals surface area contributed by atoms with Crippen molar-refractivity contribution in [2.45, 2.75) is 52.3 Å². The van der Waals surface area contributed by atoms with Crippen LogP contribution in [0.5, 0.6) is 0 Å². The number of carboxylic acid groups (broad SMARTS) is 1. The molecule has 0 bridgehead atoms. The maximum absolute atomic E-state index is 13.1. The summed E-state index contributed by atoms with van der Waals surface area (Å²) in [5, 5.41) is 7.12. The first-order chi connectivity index (χ1) is 15.0. The number of alkyl halides is 3. The number of benzene rings is 1. The molecule has 1 aromatic carbocycles. The van der Waals surface area contributed by atoms with E-state index in [0.29, 0.717) is 19.1 Å². The third-order valence-corrected chi connectivity index (χ3v) is 5.97. The Bertz CT molecular complexity index is 759. The first-order valence-corrected chi connectivity index (χ1v) is 11.0. The highest BCUT2D eigenvalue weighted by Crippen LogP contribution is 2.23. The lowest BCUT2D eigenvalue weighted by molar-refractivity contribution is -0.192. The molecule has 0 aliphatic carbocycles. The second-order valence-electron chi connectivity index (χ2n) is 8.59. The highest BCUT2D eigenvalue weighted by Gasteiger charge is 2.38. The number of rotatable bonds is 4. The molecule has 2 aliphatic heterocycles. The van der Waals surface area contributed by atoms with Gasteiger partial charge in [0, 0.05) is 24.1 Å². The average Bonchev–Trinajstić information content (AvgIpc) is 3.15. The molecule has 1 amide bonds. The SMILES string of the molecule is Cc1cc(C)cc(C(=O)N2CCOC[C@@H](CCN3CCCC3)[C@@H]2C)c1.O=C(O)C(F)(F)F. The molecule has 9 heteroatoms. The summed E-state index contributed by atoms with van der Waals surface area (Å²) in [6.45, 7) is 12.0. The van der Waals surface area contributed by atoms with Crippen LogP contribution in [-0.2, 0) is 9.53 Å². The van der Waals surface area contributed by atoms with Crippen LogP contribution in [0.3, 0.4) is 0 Å². The molecule has 1 N–H and O–H groups in total. The van der Waals surface area contributed by atoms with Crippen LogP contribution in [0.4, 0.5) is 13.2 Å². The quantitative estimate of drug-likeness (QED) is 0.741. The Labute approximate surface area is 187 Å². The van der Waals surface area contributed by atoms with Gasteiger partial charge < -0.3 is 19.6 Å². The van der Waals surface area contributed by atoms with E-state index in [1.807, 2.05) is 17.0 Å². The van der Waals surface area contributed by atoms with Crippen LogP contribution in [0, 0.1) is 19.8 Å². The van der Waals surface area contributed by atoms with E-state index >= 15 is 0 Å². The Morgan fingerprint density at radius 1 is 1.09 bits per heavy atom. The Kier molecular flexibility index (Phi) is 9.51. The fourth-order valence-electron chi connectivity index (χ4n) is 4.22. The van der Waals surface area contributed by atoms with E-state index in [2.05, 4.69) is 31.7 Å². The molecule has 180 valence electrons. The maximum Gasteiger partial charge on any atom is 0.490 e. The lowest BCUT2D eigenvalue weighted by atomic mass is 9.96. The van der Waals surface area contributed by atoms with Crippen molar-refractivity contribution in [3.05, 3.63) is 34.9 Å². The first-order valence-electron chi connectivity index (χ1n) is 11.0. The van der Waals surface area contributed by atoms with Gasteiger partial charge in [-0.1, -0.05) is 17.2 Å². The van der Waals surface area contributed by atoms with E-state index in [1.165, 1.54) is 25.9 Å². The predicted octanol–water partition coefficient (Wildman–Crippen LogP) is 3.90. The monoisotopic (exact) mass is 458 g/mol. The van der Waals surface area contributed by atoms with Gasteiger partial charge in [0.2, 0.25) is 0 Å². The molecule has 2 aliphatic rings. The van der Waals surface area contributed by atoms with E-state index < -0.39 is 12.1 Å². The van der Waals surface area contributed by atoms with Crippen LogP contribution in [0.25, 0.3) is 0 Å². The minimum atomic E-state index is -5.08. The molecule has 3 rings (SSSR count). The Balaban J connectivity index is 0.000000451. The Morgan fingerprint density at radius 2 is 1.66 bits per heavy atom. The topological polar surface area (TPSA) is 70.1 Å². The van der Waals surface area contributed by atoms with Crippen LogP contribution < -0.4 is 0 Å². The van der Waals surface area contributed by atoms with Crippen molar-refractivity contribution in [2.24, 2.45) is 5.92 Å². The lowest BCUT2D eigenvalue weighted by Crippen LogP contribution is -2.44. The van der Waals surface area contributed by atoms with Gasteiger partial charge >= 0.3 is 12.1 Å². The van der Waals surface area contributed by atoms with Crippen LogP contribution in [0.2, 0.25) is 0 Å². The second kappa shape index (κ2) is 11.7. The number of aliphatic carboxylic acids is 1. The summed E-state index contributed by atoms with van der Waals surface area (Å²) in [6, 6.07) is 6.35. The van der Waals surface area contributed by atoms with Gasteiger partial charge in [-0.2, -0.15) is 13.2 Å². The van der Waals surface area contributed by atoms with Crippen molar-refractivity contribution in [2.75, 3.05) is 39.4 Å². The molecular formula is C23H33F3N2O4. The number of hydrogen-bond donors (Lipinski definition) is 1. The number of nitrogens with zero attached hydrogens (tertiary/aromatic N) is 2. The third-order valence-electron chi connectivity index (χ3n) is 5.97. The molecule has 0 saturated carbocycles. The number of halogens is 3. The smallest absolute Gasteiger partial charge is 0.475 e. The number of carbonyl (C=O) groups excluding carboxylic acids is 1. The third kappa shape index (κ3) is 7.78. The summed E-state index contributed by atoms with van der Waals surface area (Å²) in [6.07, 6.45) is -1.32. The van der Waals surface area contributed by atoms with Crippen LogP contribution >= 0.6 is 0 Å². The fourth-order valence-corrected chi connectivity index (χ4v) is 4.22. The first kappa shape index (κ1) is 26.1. The van der Waals surface area contributed by atoms with Crippen molar-refractivity contribution < 1.29 is 32.6 Å². The Hall–Kier alpha value is -2.13. The standard InChI is InChI=1S/C21H32N2O2.C2HF3O2/c1-16-12-17(2)14-20(13-16)21(24)23-10-11-25-15-19(18(23)3)6-9-22-7-4-5-8-22;3-2(4,5)1(6)7/h12-14,18-19H,4-11,15H2,1-3H3;(H,6,7)/t18-,19+;/m0./s1. The molecule has 2 heterocycles. The van der Waals surface area contributed by atoms with E-state index in [-0.39, 0.29) is 11.9 Å². The summed E-state index contributed by atoms with van der Waals surface area (Å²) in [7, 11) is 0. The van der Waals surface area contributed by atoms with Gasteiger partial charge in [0.1, 0.15) is 0 Å². The van der Waals surface area contributed by atoms with Gasteiger partial charge in [-0.05, 0) is 71.8 Å². The van der Waals surface area contributed by atoms with E-state index in [1.54, 1.807) is 0 Å². The van der Waals surface area contributed by atoms with E-state index in [0.717, 1.165) is 36.3 Å². The summed E-state index contributed by atoms with van der Waals surface area (Å²) >= 11 is 0. The second-order valence-corrected chi connectivity index (χ2v) is 8.59. The summed E-state index contributed by atoms with van der Waals surface area (Å²) in [5.41, 5.74) is 3.10. The molecule has 32 heavy (non-hydrogen) atoms. The lowest BCUT2D eigenvalue weighted by Gasteiger charge is -2.32. The summed E-state index contributed by atoms with van der Waals surface area (Å²) < 4.78 is 37.6. The zero-order chi connectivity index (χ0) is 23.9. The van der Waals surface area contributed by atoms with Gasteiger partial charge in [0.05, 0.1) is 13.2 Å². The van der Waals surface area contributed by atoms with Gasteiger partial charge in [-0.3, -0.25) is 4.79 Å². The van der Waals surface area contributed by atoms with Crippen LogP contribution in [0.15, 0.2) is 18.2 Å². The molecule has 0 radical (unpaired) electrons. The molecular weight excluding hydrogens is 425 g/mol. The molecule has 2 saturated heterocycles. The van der Waals surface area contributed by atoms with Crippen LogP contribution in [-0.4, -0.2) is 78.4 Å². The highest BCUT2D eigenvalue weighted by molar-refractivity contribution is 5.94. The zero-order valence-electron chi connectivity index (χ0n) is 19.0. The van der Waals surface area contributed by atoms with E-state index in [4.69, 9.17) is 14.6 Å². The molecule has 2 fully saturated rings. The molecule has 2 atom stereocenters. The molecule has 0 spiro atoms. The largest absolute Gasteiger partial charge is 0.490 e. The Morgan fingerprint density at radius 3 is 2.19 bits per heavy atom. The number of carbonyl (C=O) groups is 2. The van der Waals surface area contributed by atoms with Gasteiger partial charge in [-0.15, -0.1) is 0 Å². The minimum absolute atomic E-state index is 0.149. The summed E-state index contributed by atoms with van der Waals surface area (Å²) in [5.74, 6) is -2.19. The number of carboxylic acids is 1. The zero-order valence-corrected chi connectivity index (χ0v) is 19.0. The predicted molar refractivity (Wildman–Crippen MR) is 115 cm³/mol. The normalized spacial score (nSPS) is 22.1. The molecule has 6 nitrogen and oxygen atoms in total. The van der Waals surface area contributed by atoms with Crippen molar-refractivity contribution in [3.63, 3.8) is 0 Å². The molecule has 0 unspecified atom stereocenters. The maximum atomic E-state index is 13.1. The van der Waals surface area contributed by atoms with Crippen molar-refractivity contribution in [1.82, 2.24) is 9.80 Å². The molecule has 0 aromatic heterocycles. The number of amides is 1.